The van der Waals surface area contributed by atoms with E-state index in [1.165, 1.54) is 24.8 Å². The van der Waals surface area contributed by atoms with Gasteiger partial charge in [-0.2, -0.15) is 0 Å². The molecule has 2 unspecified atom stereocenters. The highest BCUT2D eigenvalue weighted by Crippen LogP contribution is 2.47. The number of halogens is 1. The average molecular weight is 414 g/mol. The van der Waals surface area contributed by atoms with Crippen LogP contribution in [0.2, 0.25) is 0 Å². The number of piperidine rings is 1. The Morgan fingerprint density at radius 3 is 2.69 bits per heavy atom. The quantitative estimate of drug-likeness (QED) is 0.796. The molecule has 2 aromatic rings. The minimum atomic E-state index is 0.111. The van der Waals surface area contributed by atoms with Crippen molar-refractivity contribution in [2.24, 2.45) is 5.92 Å². The predicted octanol–water partition coefficient (Wildman–Crippen LogP) is 4.25. The van der Waals surface area contributed by atoms with Crippen LogP contribution < -0.4 is 10.2 Å². The van der Waals surface area contributed by atoms with E-state index in [9.17, 15) is 4.79 Å². The normalized spacial score (nSPS) is 22.1. The van der Waals surface area contributed by atoms with Gasteiger partial charge in [-0.25, -0.2) is 4.98 Å². The van der Waals surface area contributed by atoms with Crippen molar-refractivity contribution in [3.8, 4) is 0 Å². The molecule has 2 heterocycles. The van der Waals surface area contributed by atoms with Crippen LogP contribution in [0.1, 0.15) is 42.7 Å². The maximum absolute atomic E-state index is 12.5. The van der Waals surface area contributed by atoms with Crippen LogP contribution >= 0.6 is 15.9 Å². The standard InChI is InChI=1S/C21H24BrN3O/c22-17-6-4-16(5-7-17)18-13-19(18)21(26)24-14-15-8-9-23-20(12-15)25-10-2-1-3-11-25/h4-9,12,18-19H,1-3,10-11,13-14H2,(H,24,26). The summed E-state index contributed by atoms with van der Waals surface area (Å²) < 4.78 is 1.07. The topological polar surface area (TPSA) is 45.2 Å². The van der Waals surface area contributed by atoms with Crippen molar-refractivity contribution in [3.63, 3.8) is 0 Å². The van der Waals surface area contributed by atoms with E-state index in [0.717, 1.165) is 35.4 Å². The van der Waals surface area contributed by atoms with E-state index in [2.05, 4.69) is 49.3 Å². The number of anilines is 1. The van der Waals surface area contributed by atoms with Crippen molar-refractivity contribution < 1.29 is 4.79 Å². The molecule has 1 aromatic carbocycles. The van der Waals surface area contributed by atoms with E-state index < -0.39 is 0 Å². The molecule has 4 nitrogen and oxygen atoms in total. The smallest absolute Gasteiger partial charge is 0.224 e. The van der Waals surface area contributed by atoms with Gasteiger partial charge in [0, 0.05) is 36.2 Å². The molecule has 1 aromatic heterocycles. The molecule has 1 aliphatic heterocycles. The van der Waals surface area contributed by atoms with Gasteiger partial charge in [-0.05, 0) is 67.0 Å². The Morgan fingerprint density at radius 2 is 1.92 bits per heavy atom. The molecular formula is C21H24BrN3O. The van der Waals surface area contributed by atoms with Crippen LogP contribution in [0.5, 0.6) is 0 Å². The third-order valence-corrected chi connectivity index (χ3v) is 5.91. The molecule has 0 radical (unpaired) electrons. The summed E-state index contributed by atoms with van der Waals surface area (Å²) >= 11 is 3.46. The molecule has 136 valence electrons. The van der Waals surface area contributed by atoms with Crippen molar-refractivity contribution >= 4 is 27.7 Å². The fourth-order valence-electron chi connectivity index (χ4n) is 3.75. The van der Waals surface area contributed by atoms with Crippen LogP contribution in [0.25, 0.3) is 0 Å². The molecule has 1 amide bonds. The van der Waals surface area contributed by atoms with Crippen LogP contribution in [0.15, 0.2) is 47.1 Å². The molecule has 2 atom stereocenters. The van der Waals surface area contributed by atoms with Gasteiger partial charge in [-0.15, -0.1) is 0 Å². The summed E-state index contributed by atoms with van der Waals surface area (Å²) in [7, 11) is 0. The van der Waals surface area contributed by atoms with Gasteiger partial charge < -0.3 is 10.2 Å². The van der Waals surface area contributed by atoms with Gasteiger partial charge in [0.25, 0.3) is 0 Å². The highest BCUT2D eigenvalue weighted by molar-refractivity contribution is 9.10. The molecule has 0 spiro atoms. The maximum atomic E-state index is 12.5. The number of rotatable bonds is 5. The lowest BCUT2D eigenvalue weighted by atomic mass is 10.1. The van der Waals surface area contributed by atoms with Gasteiger partial charge in [0.2, 0.25) is 5.91 Å². The SMILES string of the molecule is O=C(NCc1ccnc(N2CCCCC2)c1)C1CC1c1ccc(Br)cc1. The molecule has 26 heavy (non-hydrogen) atoms. The first-order chi connectivity index (χ1) is 12.7. The van der Waals surface area contributed by atoms with Crippen LogP contribution in [0, 0.1) is 5.92 Å². The number of aromatic nitrogens is 1. The molecule has 1 aliphatic carbocycles. The molecule has 5 heteroatoms. The van der Waals surface area contributed by atoms with Gasteiger partial charge in [0.15, 0.2) is 0 Å². The van der Waals surface area contributed by atoms with E-state index in [1.807, 2.05) is 24.4 Å². The highest BCUT2D eigenvalue weighted by Gasteiger charge is 2.43. The van der Waals surface area contributed by atoms with Crippen molar-refractivity contribution in [2.75, 3.05) is 18.0 Å². The number of pyridine rings is 1. The first-order valence-electron chi connectivity index (χ1n) is 9.44. The lowest BCUT2D eigenvalue weighted by molar-refractivity contribution is -0.122. The third kappa shape index (κ3) is 4.09. The molecule has 1 N–H and O–H groups in total. The Kier molecular flexibility index (Phi) is 5.25. The lowest BCUT2D eigenvalue weighted by Gasteiger charge is -2.27. The minimum absolute atomic E-state index is 0.111. The van der Waals surface area contributed by atoms with Crippen LogP contribution in [-0.4, -0.2) is 24.0 Å². The summed E-state index contributed by atoms with van der Waals surface area (Å²) in [5.74, 6) is 1.67. The number of hydrogen-bond donors (Lipinski definition) is 1. The zero-order chi connectivity index (χ0) is 17.9. The Bertz CT molecular complexity index is 771. The van der Waals surface area contributed by atoms with E-state index in [-0.39, 0.29) is 11.8 Å². The summed E-state index contributed by atoms with van der Waals surface area (Å²) in [4.78, 5) is 19.3. The zero-order valence-corrected chi connectivity index (χ0v) is 16.4. The number of hydrogen-bond acceptors (Lipinski definition) is 3. The second kappa shape index (κ2) is 7.78. The van der Waals surface area contributed by atoms with E-state index >= 15 is 0 Å². The highest BCUT2D eigenvalue weighted by atomic mass is 79.9. The largest absolute Gasteiger partial charge is 0.357 e. The number of nitrogens with zero attached hydrogens (tertiary/aromatic N) is 2. The van der Waals surface area contributed by atoms with E-state index in [4.69, 9.17) is 0 Å². The molecule has 2 aliphatic rings. The van der Waals surface area contributed by atoms with Crippen LogP contribution in [-0.2, 0) is 11.3 Å². The molecule has 0 bridgehead atoms. The van der Waals surface area contributed by atoms with Gasteiger partial charge in [0.1, 0.15) is 5.82 Å². The number of amides is 1. The Balaban J connectivity index is 1.31. The van der Waals surface area contributed by atoms with Gasteiger partial charge in [0.05, 0.1) is 0 Å². The molecule has 1 saturated heterocycles. The Labute approximate surface area is 163 Å². The summed E-state index contributed by atoms with van der Waals surface area (Å²) in [6.07, 6.45) is 6.59. The van der Waals surface area contributed by atoms with E-state index in [0.29, 0.717) is 12.5 Å². The lowest BCUT2D eigenvalue weighted by Crippen LogP contribution is -2.30. The Morgan fingerprint density at radius 1 is 1.15 bits per heavy atom. The summed E-state index contributed by atoms with van der Waals surface area (Å²) in [5, 5.41) is 3.11. The van der Waals surface area contributed by atoms with Crippen molar-refractivity contribution in [1.29, 1.82) is 0 Å². The average Bonchev–Trinajstić information content (AvgIpc) is 3.49. The summed E-state index contributed by atoms with van der Waals surface area (Å²) in [6.45, 7) is 2.74. The second-order valence-electron chi connectivity index (χ2n) is 7.29. The first kappa shape index (κ1) is 17.5. The second-order valence-corrected chi connectivity index (χ2v) is 8.20. The fourth-order valence-corrected chi connectivity index (χ4v) is 4.01. The molecule has 1 saturated carbocycles. The Hall–Kier alpha value is -1.88. The zero-order valence-electron chi connectivity index (χ0n) is 14.8. The monoisotopic (exact) mass is 413 g/mol. The summed E-state index contributed by atoms with van der Waals surface area (Å²) in [5.41, 5.74) is 2.37. The number of carbonyl (C=O) groups is 1. The number of benzene rings is 1. The minimum Gasteiger partial charge on any atom is -0.357 e. The van der Waals surface area contributed by atoms with Crippen LogP contribution in [0.3, 0.4) is 0 Å². The van der Waals surface area contributed by atoms with Crippen molar-refractivity contribution in [1.82, 2.24) is 10.3 Å². The third-order valence-electron chi connectivity index (χ3n) is 5.38. The molecule has 2 fully saturated rings. The van der Waals surface area contributed by atoms with Crippen molar-refractivity contribution in [3.05, 3.63) is 58.2 Å². The van der Waals surface area contributed by atoms with Crippen LogP contribution in [0.4, 0.5) is 5.82 Å². The molecule has 4 rings (SSSR count). The maximum Gasteiger partial charge on any atom is 0.224 e. The number of nitrogens with one attached hydrogen (secondary N) is 1. The van der Waals surface area contributed by atoms with Gasteiger partial charge in [-0.3, -0.25) is 4.79 Å². The number of carbonyl (C=O) groups excluding carboxylic acids is 1. The van der Waals surface area contributed by atoms with E-state index in [1.54, 1.807) is 0 Å². The molecular weight excluding hydrogens is 390 g/mol. The van der Waals surface area contributed by atoms with Gasteiger partial charge >= 0.3 is 0 Å². The first-order valence-corrected chi connectivity index (χ1v) is 10.2. The fraction of sp³-hybridized carbons (Fsp3) is 0.429. The van der Waals surface area contributed by atoms with Crippen molar-refractivity contribution in [2.45, 2.75) is 38.1 Å². The predicted molar refractivity (Wildman–Crippen MR) is 107 cm³/mol. The summed E-state index contributed by atoms with van der Waals surface area (Å²) in [6, 6.07) is 12.4. The van der Waals surface area contributed by atoms with Gasteiger partial charge in [-0.1, -0.05) is 28.1 Å².